The topological polar surface area (TPSA) is 39.7 Å². The monoisotopic (exact) mass is 230 g/mol. The van der Waals surface area contributed by atoms with E-state index in [1.54, 1.807) is 0 Å². The van der Waals surface area contributed by atoms with Gasteiger partial charge in [-0.05, 0) is 19.0 Å². The van der Waals surface area contributed by atoms with Gasteiger partial charge in [0.1, 0.15) is 5.84 Å². The second-order valence-electron chi connectivity index (χ2n) is 5.47. The molecule has 2 bridgehead atoms. The van der Waals surface area contributed by atoms with E-state index in [1.807, 2.05) is 6.20 Å². The number of rotatable bonds is 1. The zero-order valence-corrected chi connectivity index (χ0v) is 9.84. The van der Waals surface area contributed by atoms with Crippen LogP contribution in [0.4, 0.5) is 0 Å². The lowest BCUT2D eigenvalue weighted by atomic mass is 9.94. The standard InChI is InChI=1S/C13H18N4/c1-2-10-8-17(7-9(1)16-10)12-4-6-15-13-11(12)3-5-14-13/h3-6,9-12,16H,1-2,7-8H2,(H,14,15). The summed E-state index contributed by atoms with van der Waals surface area (Å²) in [5, 5.41) is 6.94. The quantitative estimate of drug-likeness (QED) is 0.687. The highest BCUT2D eigenvalue weighted by Crippen LogP contribution is 2.28. The molecule has 4 heterocycles. The molecule has 0 amide bonds. The van der Waals surface area contributed by atoms with Crippen LogP contribution in [0.15, 0.2) is 29.5 Å². The zero-order chi connectivity index (χ0) is 11.2. The van der Waals surface area contributed by atoms with Crippen LogP contribution in [0.25, 0.3) is 0 Å². The van der Waals surface area contributed by atoms with Crippen LogP contribution in [-0.2, 0) is 0 Å². The fraction of sp³-hybridized carbons (Fsp3) is 0.615. The molecule has 2 N–H and O–H groups in total. The third-order valence-corrected chi connectivity index (χ3v) is 4.38. The van der Waals surface area contributed by atoms with Crippen LogP contribution in [0.5, 0.6) is 0 Å². The maximum atomic E-state index is 4.39. The van der Waals surface area contributed by atoms with Gasteiger partial charge in [-0.3, -0.25) is 4.90 Å². The predicted molar refractivity (Wildman–Crippen MR) is 67.6 cm³/mol. The minimum atomic E-state index is 0.442. The van der Waals surface area contributed by atoms with Crippen molar-refractivity contribution >= 4 is 5.84 Å². The fourth-order valence-electron chi connectivity index (χ4n) is 3.58. The first-order valence-electron chi connectivity index (χ1n) is 6.58. The average Bonchev–Trinajstić information content (AvgIpc) is 2.95. The second-order valence-corrected chi connectivity index (χ2v) is 5.47. The van der Waals surface area contributed by atoms with Crippen LogP contribution in [0, 0.1) is 5.92 Å². The van der Waals surface area contributed by atoms with Crippen molar-refractivity contribution in [1.29, 1.82) is 0 Å². The van der Waals surface area contributed by atoms with Gasteiger partial charge in [0.05, 0.1) is 5.92 Å². The number of piperazine rings is 1. The molecular weight excluding hydrogens is 212 g/mol. The van der Waals surface area contributed by atoms with Crippen molar-refractivity contribution in [3.05, 3.63) is 24.6 Å². The van der Waals surface area contributed by atoms with E-state index in [-0.39, 0.29) is 0 Å². The zero-order valence-electron chi connectivity index (χ0n) is 9.84. The number of hydrogen-bond donors (Lipinski definition) is 2. The summed E-state index contributed by atoms with van der Waals surface area (Å²) < 4.78 is 0. The number of nitrogens with one attached hydrogen (secondary N) is 2. The van der Waals surface area contributed by atoms with Gasteiger partial charge < -0.3 is 10.6 Å². The number of likely N-dealkylation sites (tertiary alicyclic amines) is 1. The molecule has 2 saturated heterocycles. The Balaban J connectivity index is 1.58. The fourth-order valence-corrected chi connectivity index (χ4v) is 3.58. The lowest BCUT2D eigenvalue weighted by Gasteiger charge is -2.40. The van der Waals surface area contributed by atoms with Gasteiger partial charge in [-0.2, -0.15) is 0 Å². The first-order chi connectivity index (χ1) is 8.40. The van der Waals surface area contributed by atoms with Gasteiger partial charge in [0.2, 0.25) is 0 Å². The Labute approximate surface area is 101 Å². The number of amidine groups is 1. The third-order valence-electron chi connectivity index (χ3n) is 4.38. The Kier molecular flexibility index (Phi) is 2.13. The van der Waals surface area contributed by atoms with Crippen LogP contribution in [0.1, 0.15) is 12.8 Å². The van der Waals surface area contributed by atoms with Gasteiger partial charge in [-0.15, -0.1) is 0 Å². The van der Waals surface area contributed by atoms with Crippen molar-refractivity contribution < 1.29 is 0 Å². The van der Waals surface area contributed by atoms with Crippen molar-refractivity contribution in [1.82, 2.24) is 15.5 Å². The summed E-state index contributed by atoms with van der Waals surface area (Å²) in [6.45, 7) is 2.37. The van der Waals surface area contributed by atoms with Crippen molar-refractivity contribution in [2.75, 3.05) is 13.1 Å². The van der Waals surface area contributed by atoms with Crippen LogP contribution in [-0.4, -0.2) is 42.0 Å². The molecule has 17 heavy (non-hydrogen) atoms. The lowest BCUT2D eigenvalue weighted by molar-refractivity contribution is 0.151. The summed E-state index contributed by atoms with van der Waals surface area (Å²) in [5.74, 6) is 1.56. The Morgan fingerprint density at radius 2 is 2.00 bits per heavy atom. The molecule has 0 aromatic heterocycles. The third kappa shape index (κ3) is 1.55. The lowest BCUT2D eigenvalue weighted by Crippen LogP contribution is -2.57. The van der Waals surface area contributed by atoms with Crippen LogP contribution < -0.4 is 10.6 Å². The Bertz CT molecular complexity index is 400. The molecule has 0 saturated carbocycles. The number of nitrogens with zero attached hydrogens (tertiary/aromatic N) is 2. The highest BCUT2D eigenvalue weighted by atomic mass is 15.3. The normalized spacial score (nSPS) is 43.4. The molecule has 4 heteroatoms. The van der Waals surface area contributed by atoms with Crippen molar-refractivity contribution in [3.8, 4) is 0 Å². The molecule has 90 valence electrons. The van der Waals surface area contributed by atoms with Gasteiger partial charge in [-0.1, -0.05) is 12.2 Å². The molecule has 0 radical (unpaired) electrons. The minimum absolute atomic E-state index is 0.442. The first kappa shape index (κ1) is 9.85. The Morgan fingerprint density at radius 1 is 1.18 bits per heavy atom. The van der Waals surface area contributed by atoms with Gasteiger partial charge in [0, 0.05) is 37.4 Å². The number of hydrogen-bond acceptors (Lipinski definition) is 4. The minimum Gasteiger partial charge on any atom is -0.350 e. The first-order valence-corrected chi connectivity index (χ1v) is 6.58. The van der Waals surface area contributed by atoms with Gasteiger partial charge in [-0.25, -0.2) is 4.99 Å². The molecule has 0 aromatic rings. The summed E-state index contributed by atoms with van der Waals surface area (Å²) in [6, 6.07) is 1.92. The number of aliphatic imine (C=N–C) groups is 1. The largest absolute Gasteiger partial charge is 0.350 e. The summed E-state index contributed by atoms with van der Waals surface area (Å²) in [5.41, 5.74) is 0. The maximum Gasteiger partial charge on any atom is 0.114 e. The highest BCUT2D eigenvalue weighted by Gasteiger charge is 2.38. The van der Waals surface area contributed by atoms with E-state index in [2.05, 4.69) is 38.9 Å². The van der Waals surface area contributed by atoms with Crippen molar-refractivity contribution in [3.63, 3.8) is 0 Å². The molecule has 4 aliphatic rings. The Morgan fingerprint density at radius 3 is 2.82 bits per heavy atom. The molecule has 4 atom stereocenters. The average molecular weight is 230 g/mol. The van der Waals surface area contributed by atoms with Gasteiger partial charge in [0.25, 0.3) is 0 Å². The van der Waals surface area contributed by atoms with Crippen LogP contribution in [0.3, 0.4) is 0 Å². The number of fused-ring (bicyclic) bond motifs is 3. The van der Waals surface area contributed by atoms with Gasteiger partial charge in [0.15, 0.2) is 0 Å². The molecule has 4 rings (SSSR count). The highest BCUT2D eigenvalue weighted by molar-refractivity contribution is 5.91. The van der Waals surface area contributed by atoms with Crippen LogP contribution in [0.2, 0.25) is 0 Å². The summed E-state index contributed by atoms with van der Waals surface area (Å²) >= 11 is 0. The molecule has 4 nitrogen and oxygen atoms in total. The maximum absolute atomic E-state index is 4.39. The summed E-state index contributed by atoms with van der Waals surface area (Å²) in [7, 11) is 0. The molecule has 0 aliphatic carbocycles. The van der Waals surface area contributed by atoms with E-state index in [4.69, 9.17) is 0 Å². The SMILES string of the molecule is C1=CC2C(=N1)NC=CC2N1CC2CCC(C1)N2. The van der Waals surface area contributed by atoms with E-state index < -0.39 is 0 Å². The van der Waals surface area contributed by atoms with E-state index in [0.29, 0.717) is 24.0 Å². The van der Waals surface area contributed by atoms with E-state index in [0.717, 1.165) is 5.84 Å². The molecule has 4 aliphatic heterocycles. The second kappa shape index (κ2) is 3.68. The van der Waals surface area contributed by atoms with Gasteiger partial charge >= 0.3 is 0 Å². The molecule has 4 unspecified atom stereocenters. The van der Waals surface area contributed by atoms with E-state index in [1.165, 1.54) is 25.9 Å². The Hall–Kier alpha value is -1.13. The van der Waals surface area contributed by atoms with E-state index >= 15 is 0 Å². The summed E-state index contributed by atoms with van der Waals surface area (Å²) in [4.78, 5) is 7.02. The van der Waals surface area contributed by atoms with E-state index in [9.17, 15) is 0 Å². The molecule has 0 aromatic carbocycles. The van der Waals surface area contributed by atoms with Crippen molar-refractivity contribution in [2.24, 2.45) is 10.9 Å². The smallest absolute Gasteiger partial charge is 0.114 e. The molecule has 2 fully saturated rings. The van der Waals surface area contributed by atoms with Crippen molar-refractivity contribution in [2.45, 2.75) is 31.0 Å². The molecular formula is C13H18N4. The van der Waals surface area contributed by atoms with Crippen LogP contribution >= 0.6 is 0 Å². The molecule has 0 spiro atoms. The summed E-state index contributed by atoms with van der Waals surface area (Å²) in [6.07, 6.45) is 11.2. The predicted octanol–water partition coefficient (Wildman–Crippen LogP) is 0.450.